The van der Waals surface area contributed by atoms with Crippen LogP contribution >= 0.6 is 0 Å². The first-order chi connectivity index (χ1) is 10.7. The van der Waals surface area contributed by atoms with E-state index in [9.17, 15) is 4.79 Å². The molecular weight excluding hydrogens is 276 g/mol. The molecule has 0 bridgehead atoms. The van der Waals surface area contributed by atoms with Crippen LogP contribution in [0.15, 0.2) is 81.1 Å². The van der Waals surface area contributed by atoms with Gasteiger partial charge in [-0.3, -0.25) is 4.79 Å². The summed E-state index contributed by atoms with van der Waals surface area (Å²) >= 11 is 0. The van der Waals surface area contributed by atoms with Crippen LogP contribution in [0.2, 0.25) is 0 Å². The van der Waals surface area contributed by atoms with E-state index in [2.05, 4.69) is 20.5 Å². The van der Waals surface area contributed by atoms with Crippen molar-refractivity contribution in [3.05, 3.63) is 60.7 Å². The van der Waals surface area contributed by atoms with Gasteiger partial charge in [0.05, 0.1) is 11.4 Å². The molecule has 5 nitrogen and oxygen atoms in total. The van der Waals surface area contributed by atoms with Gasteiger partial charge in [-0.2, -0.15) is 20.5 Å². The quantitative estimate of drug-likeness (QED) is 0.699. The molecule has 0 heterocycles. The van der Waals surface area contributed by atoms with Crippen molar-refractivity contribution >= 4 is 17.2 Å². The van der Waals surface area contributed by atoms with Crippen molar-refractivity contribution in [2.45, 2.75) is 25.9 Å². The molecule has 112 valence electrons. The fraction of sp³-hybridized carbons (Fsp3) is 0.235. The molecule has 0 radical (unpaired) electrons. The van der Waals surface area contributed by atoms with Gasteiger partial charge in [0.15, 0.2) is 5.78 Å². The van der Waals surface area contributed by atoms with Crippen molar-refractivity contribution in [3.63, 3.8) is 0 Å². The van der Waals surface area contributed by atoms with Gasteiger partial charge in [0, 0.05) is 0 Å². The number of nitrogens with zero attached hydrogens (tertiary/aromatic N) is 4. The van der Waals surface area contributed by atoms with Crippen molar-refractivity contribution < 1.29 is 4.79 Å². The summed E-state index contributed by atoms with van der Waals surface area (Å²) in [6.07, 6.45) is 0. The van der Waals surface area contributed by atoms with Crippen LogP contribution in [0, 0.1) is 0 Å². The third-order valence-corrected chi connectivity index (χ3v) is 3.03. The second kappa shape index (κ2) is 7.93. The molecule has 0 saturated heterocycles. The summed E-state index contributed by atoms with van der Waals surface area (Å²) in [5.74, 6) is -0.112. The third-order valence-electron chi connectivity index (χ3n) is 3.03. The van der Waals surface area contributed by atoms with Crippen molar-refractivity contribution in [1.82, 2.24) is 0 Å². The second-order valence-corrected chi connectivity index (χ2v) is 4.86. The minimum Gasteiger partial charge on any atom is -0.295 e. The summed E-state index contributed by atoms with van der Waals surface area (Å²) in [6.45, 7) is 3.42. The molecule has 2 aromatic rings. The maximum atomic E-state index is 12.2. The molecule has 2 aromatic carbocycles. The van der Waals surface area contributed by atoms with Gasteiger partial charge < -0.3 is 0 Å². The topological polar surface area (TPSA) is 66.5 Å². The number of rotatable bonds is 6. The van der Waals surface area contributed by atoms with E-state index in [0.29, 0.717) is 0 Å². The predicted octanol–water partition coefficient (Wildman–Crippen LogP) is 4.90. The van der Waals surface area contributed by atoms with Crippen LogP contribution in [0.25, 0.3) is 0 Å². The first-order valence-electron chi connectivity index (χ1n) is 7.12. The average molecular weight is 294 g/mol. The Morgan fingerprint density at radius 3 is 1.45 bits per heavy atom. The zero-order valence-electron chi connectivity index (χ0n) is 12.6. The first kappa shape index (κ1) is 15.7. The fourth-order valence-electron chi connectivity index (χ4n) is 1.76. The van der Waals surface area contributed by atoms with Crippen LogP contribution in [-0.4, -0.2) is 17.9 Å². The Hall–Kier alpha value is -2.69. The summed E-state index contributed by atoms with van der Waals surface area (Å²) in [5.41, 5.74) is 1.45. The van der Waals surface area contributed by atoms with Crippen LogP contribution in [-0.2, 0) is 4.79 Å². The van der Waals surface area contributed by atoms with Gasteiger partial charge in [-0.25, -0.2) is 0 Å². The molecule has 0 spiro atoms. The Morgan fingerprint density at radius 2 is 1.09 bits per heavy atom. The third kappa shape index (κ3) is 4.70. The van der Waals surface area contributed by atoms with E-state index in [-0.39, 0.29) is 5.78 Å². The molecule has 0 aromatic heterocycles. The lowest BCUT2D eigenvalue weighted by atomic mass is 10.1. The van der Waals surface area contributed by atoms with E-state index in [4.69, 9.17) is 0 Å². The summed E-state index contributed by atoms with van der Waals surface area (Å²) in [4.78, 5) is 12.2. The lowest BCUT2D eigenvalue weighted by Gasteiger charge is -2.07. The van der Waals surface area contributed by atoms with Crippen molar-refractivity contribution in [2.24, 2.45) is 20.5 Å². The number of benzene rings is 2. The number of carbonyl (C=O) groups is 1. The standard InChI is InChI=1S/C17H18N4O/c1-13(18-20-15-9-5-3-6-10-15)17(22)14(2)19-21-16-11-7-4-8-12-16/h3-14H,1-2H3. The van der Waals surface area contributed by atoms with Gasteiger partial charge in [-0.1, -0.05) is 36.4 Å². The summed E-state index contributed by atoms with van der Waals surface area (Å²) < 4.78 is 0. The van der Waals surface area contributed by atoms with Gasteiger partial charge >= 0.3 is 0 Å². The van der Waals surface area contributed by atoms with E-state index in [1.54, 1.807) is 13.8 Å². The van der Waals surface area contributed by atoms with Crippen LogP contribution in [0.5, 0.6) is 0 Å². The summed E-state index contributed by atoms with van der Waals surface area (Å²) in [5, 5.41) is 16.2. The highest BCUT2D eigenvalue weighted by Crippen LogP contribution is 2.14. The van der Waals surface area contributed by atoms with E-state index in [1.807, 2.05) is 60.7 Å². The maximum Gasteiger partial charge on any atom is 0.184 e. The molecule has 22 heavy (non-hydrogen) atoms. The number of azo groups is 2. The SMILES string of the molecule is CC(N=Nc1ccccc1)C(=O)C(C)N=Nc1ccccc1. The van der Waals surface area contributed by atoms with Gasteiger partial charge in [0.1, 0.15) is 12.1 Å². The second-order valence-electron chi connectivity index (χ2n) is 4.86. The molecule has 0 N–H and O–H groups in total. The normalized spacial score (nSPS) is 14.3. The van der Waals surface area contributed by atoms with Crippen LogP contribution in [0.3, 0.4) is 0 Å². The minimum atomic E-state index is -0.551. The number of hydrogen-bond acceptors (Lipinski definition) is 5. The summed E-state index contributed by atoms with van der Waals surface area (Å²) in [6, 6.07) is 17.5. The number of hydrogen-bond donors (Lipinski definition) is 0. The predicted molar refractivity (Wildman–Crippen MR) is 85.8 cm³/mol. The van der Waals surface area contributed by atoms with Gasteiger partial charge in [-0.15, -0.1) is 0 Å². The average Bonchev–Trinajstić information content (AvgIpc) is 2.58. The number of carbonyl (C=O) groups excluding carboxylic acids is 1. The monoisotopic (exact) mass is 294 g/mol. The van der Waals surface area contributed by atoms with E-state index in [1.165, 1.54) is 0 Å². The minimum absolute atomic E-state index is 0.112. The maximum absolute atomic E-state index is 12.2. The lowest BCUT2D eigenvalue weighted by molar-refractivity contribution is -0.120. The molecule has 0 aliphatic heterocycles. The van der Waals surface area contributed by atoms with Crippen molar-refractivity contribution in [3.8, 4) is 0 Å². The lowest BCUT2D eigenvalue weighted by Crippen LogP contribution is -2.24. The Labute approximate surface area is 129 Å². The molecule has 0 saturated carbocycles. The molecule has 0 aliphatic rings. The first-order valence-corrected chi connectivity index (χ1v) is 7.12. The highest BCUT2D eigenvalue weighted by molar-refractivity contribution is 5.88. The number of Topliss-reactive ketones (excluding diaryl/α,β-unsaturated/α-hetero) is 1. The summed E-state index contributed by atoms with van der Waals surface area (Å²) in [7, 11) is 0. The van der Waals surface area contributed by atoms with Crippen LogP contribution in [0.4, 0.5) is 11.4 Å². The Bertz CT molecular complexity index is 595. The molecule has 2 rings (SSSR count). The van der Waals surface area contributed by atoms with E-state index >= 15 is 0 Å². The van der Waals surface area contributed by atoms with Crippen molar-refractivity contribution in [2.75, 3.05) is 0 Å². The molecular formula is C17H18N4O. The van der Waals surface area contributed by atoms with E-state index in [0.717, 1.165) is 11.4 Å². The highest BCUT2D eigenvalue weighted by atomic mass is 16.1. The fourth-order valence-corrected chi connectivity index (χ4v) is 1.76. The van der Waals surface area contributed by atoms with Crippen LogP contribution < -0.4 is 0 Å². The zero-order valence-corrected chi connectivity index (χ0v) is 12.6. The molecule has 0 aliphatic carbocycles. The Morgan fingerprint density at radius 1 is 0.727 bits per heavy atom. The molecule has 0 fully saturated rings. The number of ketones is 1. The van der Waals surface area contributed by atoms with Gasteiger partial charge in [0.25, 0.3) is 0 Å². The zero-order chi connectivity index (χ0) is 15.8. The molecule has 0 amide bonds. The van der Waals surface area contributed by atoms with Crippen molar-refractivity contribution in [1.29, 1.82) is 0 Å². The largest absolute Gasteiger partial charge is 0.295 e. The molecule has 2 unspecified atom stereocenters. The Kier molecular flexibility index (Phi) is 5.65. The van der Waals surface area contributed by atoms with Crippen LogP contribution in [0.1, 0.15) is 13.8 Å². The van der Waals surface area contributed by atoms with E-state index < -0.39 is 12.1 Å². The van der Waals surface area contributed by atoms with Gasteiger partial charge in [0.2, 0.25) is 0 Å². The smallest absolute Gasteiger partial charge is 0.184 e. The van der Waals surface area contributed by atoms with Gasteiger partial charge in [-0.05, 0) is 38.1 Å². The Balaban J connectivity index is 1.95. The molecule has 2 atom stereocenters. The molecule has 5 heteroatoms. The highest BCUT2D eigenvalue weighted by Gasteiger charge is 2.19.